The second kappa shape index (κ2) is 6.10. The maximum absolute atomic E-state index is 9.21. The molecule has 2 heterocycles. The van der Waals surface area contributed by atoms with E-state index >= 15 is 0 Å². The van der Waals surface area contributed by atoms with E-state index in [2.05, 4.69) is 9.97 Å². The zero-order valence-corrected chi connectivity index (χ0v) is 10.8. The van der Waals surface area contributed by atoms with Gasteiger partial charge in [0, 0.05) is 11.5 Å². The van der Waals surface area contributed by atoms with Crippen LogP contribution in [0.2, 0.25) is 0 Å². The first kappa shape index (κ1) is 13.3. The molecule has 0 spiro atoms. The Bertz CT molecular complexity index is 490. The van der Waals surface area contributed by atoms with E-state index in [-0.39, 0.29) is 5.88 Å². The number of rotatable bonds is 0. The number of hydrogen-bond donors (Lipinski definition) is 2. The van der Waals surface area contributed by atoms with Crippen molar-refractivity contribution in [3.63, 3.8) is 0 Å². The Morgan fingerprint density at radius 2 is 1.94 bits per heavy atom. The molecule has 2 aromatic rings. The monoisotopic (exact) mass is 304 g/mol. The van der Waals surface area contributed by atoms with Gasteiger partial charge < -0.3 is 10.8 Å². The predicted molar refractivity (Wildman–Crippen MR) is 62.1 cm³/mol. The van der Waals surface area contributed by atoms with E-state index in [1.165, 1.54) is 0 Å². The second-order valence-corrected chi connectivity index (χ2v) is 4.67. The van der Waals surface area contributed by atoms with Crippen molar-refractivity contribution >= 4 is 37.1 Å². The quantitative estimate of drug-likeness (QED) is 0.785. The number of aryl methyl sites for hydroxylation is 1. The van der Waals surface area contributed by atoms with Gasteiger partial charge >= 0.3 is 33.2 Å². The van der Waals surface area contributed by atoms with Crippen LogP contribution in [0.5, 0.6) is 5.88 Å². The molecule has 16 heavy (non-hydrogen) atoms. The fraction of sp³-hybridized carbons (Fsp3) is 0.111. The minimum absolute atomic E-state index is 0.0249. The molecular weight excluding hydrogens is 296 g/mol. The molecule has 0 saturated carbocycles. The summed E-state index contributed by atoms with van der Waals surface area (Å²) in [5.41, 5.74) is 6.91. The van der Waals surface area contributed by atoms with Gasteiger partial charge in [-0.1, -0.05) is 0 Å². The van der Waals surface area contributed by atoms with Crippen LogP contribution in [0.15, 0.2) is 18.2 Å². The van der Waals surface area contributed by atoms with Crippen LogP contribution in [-0.2, 0) is 12.9 Å². The molecule has 7 heteroatoms. The number of nitrogen functional groups attached to an aromatic ring is 1. The Hall–Kier alpha value is -0.754. The first-order chi connectivity index (χ1) is 7.58. The normalized spacial score (nSPS) is 9.94. The van der Waals surface area contributed by atoms with E-state index in [9.17, 15) is 5.11 Å². The number of fused-ring (bicyclic) bond motifs is 1. The molecule has 2 aromatic heterocycles. The Labute approximate surface area is 107 Å². The summed E-state index contributed by atoms with van der Waals surface area (Å²) < 4.78 is 0. The van der Waals surface area contributed by atoms with Crippen LogP contribution in [0.1, 0.15) is 5.56 Å². The van der Waals surface area contributed by atoms with Gasteiger partial charge in [-0.25, -0.2) is 4.98 Å². The molecule has 0 aliphatic rings. The molecular formula is C9H9Cl2CoN3O. The third-order valence-corrected chi connectivity index (χ3v) is 1.89. The Balaban J connectivity index is 0.000000386. The van der Waals surface area contributed by atoms with Gasteiger partial charge in [-0.15, -0.1) is 0 Å². The molecule has 0 bridgehead atoms. The summed E-state index contributed by atoms with van der Waals surface area (Å²) >= 11 is 0.382. The average molecular weight is 305 g/mol. The van der Waals surface area contributed by atoms with Crippen molar-refractivity contribution in [2.45, 2.75) is 6.92 Å². The van der Waals surface area contributed by atoms with Gasteiger partial charge in [-0.05, 0) is 24.6 Å². The van der Waals surface area contributed by atoms with E-state index in [0.29, 0.717) is 24.4 Å². The molecule has 0 aliphatic carbocycles. The van der Waals surface area contributed by atoms with Gasteiger partial charge in [0.2, 0.25) is 5.88 Å². The van der Waals surface area contributed by atoms with E-state index < -0.39 is 0 Å². The van der Waals surface area contributed by atoms with Gasteiger partial charge in [0.05, 0.1) is 0 Å². The number of hydrogen-bond acceptors (Lipinski definition) is 4. The van der Waals surface area contributed by atoms with Crippen LogP contribution in [0.4, 0.5) is 5.82 Å². The van der Waals surface area contributed by atoms with Crippen molar-refractivity contribution in [1.82, 2.24) is 9.97 Å². The van der Waals surface area contributed by atoms with Crippen LogP contribution in [0, 0.1) is 6.92 Å². The number of nitrogens with two attached hydrogens (primary N) is 1. The maximum atomic E-state index is 9.21. The van der Waals surface area contributed by atoms with Gasteiger partial charge in [-0.3, -0.25) is 0 Å². The third-order valence-electron chi connectivity index (χ3n) is 1.89. The van der Waals surface area contributed by atoms with E-state index in [1.54, 1.807) is 12.1 Å². The van der Waals surface area contributed by atoms with E-state index in [1.807, 2.05) is 13.0 Å². The fourth-order valence-electron chi connectivity index (χ4n) is 1.27. The molecule has 0 saturated heterocycles. The van der Waals surface area contributed by atoms with Crippen molar-refractivity contribution in [1.29, 1.82) is 0 Å². The molecule has 0 aromatic carbocycles. The molecule has 0 atom stereocenters. The SMILES string of the molecule is Cc1cc(O)nc2nc(N)ccc12.[Cl][Co][Cl]. The molecule has 0 unspecified atom stereocenters. The van der Waals surface area contributed by atoms with Crippen LogP contribution in [-0.4, -0.2) is 15.1 Å². The number of halogens is 2. The summed E-state index contributed by atoms with van der Waals surface area (Å²) in [6.07, 6.45) is 0. The molecule has 4 nitrogen and oxygen atoms in total. The standard InChI is InChI=1S/C9H9N3O.2ClH.Co/c1-5-4-8(13)12-9-6(5)2-3-7(10)11-9;;;/h2-4H,1H3,(H3,10,11,12,13);2*1H;/q;;;+2/p-2. The number of nitrogens with zero attached hydrogens (tertiary/aromatic N) is 2. The van der Waals surface area contributed by atoms with Gasteiger partial charge in [-0.2, -0.15) is 4.98 Å². The van der Waals surface area contributed by atoms with Gasteiger partial charge in [0.1, 0.15) is 5.82 Å². The number of aromatic hydroxyl groups is 1. The zero-order chi connectivity index (χ0) is 12.1. The summed E-state index contributed by atoms with van der Waals surface area (Å²) in [4.78, 5) is 7.87. The van der Waals surface area contributed by atoms with Gasteiger partial charge in [0.25, 0.3) is 0 Å². The summed E-state index contributed by atoms with van der Waals surface area (Å²) in [7, 11) is 9.47. The third kappa shape index (κ3) is 3.38. The molecule has 89 valence electrons. The number of anilines is 1. The summed E-state index contributed by atoms with van der Waals surface area (Å²) in [5, 5.41) is 10.1. The van der Waals surface area contributed by atoms with E-state index in [0.717, 1.165) is 10.9 Å². The van der Waals surface area contributed by atoms with Crippen molar-refractivity contribution in [3.05, 3.63) is 23.8 Å². The van der Waals surface area contributed by atoms with Crippen molar-refractivity contribution in [2.75, 3.05) is 5.73 Å². The van der Waals surface area contributed by atoms with Crippen molar-refractivity contribution in [3.8, 4) is 5.88 Å². The average Bonchev–Trinajstić information content (AvgIpc) is 2.17. The molecule has 0 radical (unpaired) electrons. The first-order valence-electron chi connectivity index (χ1n) is 4.15. The van der Waals surface area contributed by atoms with Gasteiger partial charge in [0.15, 0.2) is 5.65 Å². The van der Waals surface area contributed by atoms with Crippen LogP contribution < -0.4 is 5.73 Å². The summed E-state index contributed by atoms with van der Waals surface area (Å²) in [6.45, 7) is 1.89. The molecule has 0 aliphatic heterocycles. The Morgan fingerprint density at radius 3 is 2.56 bits per heavy atom. The van der Waals surface area contributed by atoms with Crippen LogP contribution in [0.3, 0.4) is 0 Å². The summed E-state index contributed by atoms with van der Waals surface area (Å²) in [5.74, 6) is 0.383. The Kier molecular flexibility index (Phi) is 5.07. The molecule has 0 amide bonds. The van der Waals surface area contributed by atoms with Crippen molar-refractivity contribution < 1.29 is 18.0 Å². The zero-order valence-electron chi connectivity index (χ0n) is 8.24. The number of pyridine rings is 2. The summed E-state index contributed by atoms with van der Waals surface area (Å²) in [6, 6.07) is 5.16. The number of aromatic nitrogens is 2. The van der Waals surface area contributed by atoms with E-state index in [4.69, 9.17) is 26.0 Å². The minimum atomic E-state index is -0.0249. The molecule has 0 fully saturated rings. The van der Waals surface area contributed by atoms with Crippen LogP contribution >= 0.6 is 20.3 Å². The second-order valence-electron chi connectivity index (χ2n) is 2.95. The molecule has 3 N–H and O–H groups in total. The van der Waals surface area contributed by atoms with Crippen molar-refractivity contribution in [2.24, 2.45) is 0 Å². The van der Waals surface area contributed by atoms with Crippen LogP contribution in [0.25, 0.3) is 11.0 Å². The predicted octanol–water partition coefficient (Wildman–Crippen LogP) is 2.60. The first-order valence-corrected chi connectivity index (χ1v) is 7.01. The Morgan fingerprint density at radius 1 is 1.31 bits per heavy atom. The topological polar surface area (TPSA) is 72.0 Å². The molecule has 2 rings (SSSR count). The fourth-order valence-corrected chi connectivity index (χ4v) is 1.27.